The zero-order valence-electron chi connectivity index (χ0n) is 11.1. The fourth-order valence-electron chi connectivity index (χ4n) is 2.67. The fourth-order valence-corrected chi connectivity index (χ4v) is 2.67. The molecule has 0 bridgehead atoms. The summed E-state index contributed by atoms with van der Waals surface area (Å²) in [5.74, 6) is -0.0270. The highest BCUT2D eigenvalue weighted by Crippen LogP contribution is 2.31. The highest BCUT2D eigenvalue weighted by molar-refractivity contribution is 6.00. The maximum Gasteiger partial charge on any atom is 0.190 e. The molecule has 1 aliphatic rings. The molecule has 0 radical (unpaired) electrons. The Bertz CT molecular complexity index is 469. The molecule has 1 heterocycles. The van der Waals surface area contributed by atoms with E-state index in [-0.39, 0.29) is 5.84 Å². The normalized spacial score (nSPS) is 18.5. The molecule has 1 aliphatic carbocycles. The van der Waals surface area contributed by atoms with Crippen LogP contribution in [0.1, 0.15) is 31.4 Å². The van der Waals surface area contributed by atoms with Gasteiger partial charge in [0.25, 0.3) is 0 Å². The minimum atomic E-state index is -0.646. The maximum atomic E-state index is 10.4. The standard InChI is InChI=1S/C13H20N4O2/c1-17(9-13(18)6-2-3-7-13)10-5-4-8-15-11(10)12(14)16-19/h4-5,8,18-19H,2-3,6-7,9H2,1H3,(H2,14,16). The zero-order valence-corrected chi connectivity index (χ0v) is 11.1. The number of aromatic nitrogens is 1. The van der Waals surface area contributed by atoms with E-state index < -0.39 is 5.60 Å². The summed E-state index contributed by atoms with van der Waals surface area (Å²) in [6.07, 6.45) is 5.34. The van der Waals surface area contributed by atoms with Gasteiger partial charge in [0.15, 0.2) is 5.84 Å². The topological polar surface area (TPSA) is 95.0 Å². The second-order valence-electron chi connectivity index (χ2n) is 5.14. The van der Waals surface area contributed by atoms with Gasteiger partial charge < -0.3 is 20.9 Å². The van der Waals surface area contributed by atoms with Crippen molar-refractivity contribution in [3.05, 3.63) is 24.0 Å². The molecular weight excluding hydrogens is 244 g/mol. The first-order valence-electron chi connectivity index (χ1n) is 6.42. The van der Waals surface area contributed by atoms with E-state index in [1.807, 2.05) is 18.0 Å². The largest absolute Gasteiger partial charge is 0.409 e. The molecule has 104 valence electrons. The van der Waals surface area contributed by atoms with E-state index in [9.17, 15) is 5.11 Å². The summed E-state index contributed by atoms with van der Waals surface area (Å²) >= 11 is 0. The molecule has 0 atom stereocenters. The van der Waals surface area contributed by atoms with Crippen molar-refractivity contribution in [2.45, 2.75) is 31.3 Å². The molecule has 1 saturated carbocycles. The van der Waals surface area contributed by atoms with Gasteiger partial charge in [0.2, 0.25) is 0 Å². The Kier molecular flexibility index (Phi) is 3.90. The smallest absolute Gasteiger partial charge is 0.190 e. The molecular formula is C13H20N4O2. The fraction of sp³-hybridized carbons (Fsp3) is 0.538. The van der Waals surface area contributed by atoms with Crippen LogP contribution in [0.5, 0.6) is 0 Å². The quantitative estimate of drug-likeness (QED) is 0.325. The van der Waals surface area contributed by atoms with E-state index in [1.165, 1.54) is 0 Å². The van der Waals surface area contributed by atoms with Crippen LogP contribution >= 0.6 is 0 Å². The van der Waals surface area contributed by atoms with Crippen LogP contribution < -0.4 is 10.6 Å². The van der Waals surface area contributed by atoms with Crippen LogP contribution in [0.3, 0.4) is 0 Å². The van der Waals surface area contributed by atoms with Crippen molar-refractivity contribution < 1.29 is 10.3 Å². The number of nitrogens with two attached hydrogens (primary N) is 1. The lowest BCUT2D eigenvalue weighted by Crippen LogP contribution is -2.40. The molecule has 0 aliphatic heterocycles. The number of pyridine rings is 1. The molecule has 2 rings (SSSR count). The molecule has 6 nitrogen and oxygen atoms in total. The number of nitrogens with zero attached hydrogens (tertiary/aromatic N) is 3. The van der Waals surface area contributed by atoms with Gasteiger partial charge in [-0.1, -0.05) is 18.0 Å². The summed E-state index contributed by atoms with van der Waals surface area (Å²) in [4.78, 5) is 6.04. The van der Waals surface area contributed by atoms with Crippen LogP contribution in [0, 0.1) is 0 Å². The summed E-state index contributed by atoms with van der Waals surface area (Å²) in [5, 5.41) is 22.2. The molecule has 1 aromatic rings. The summed E-state index contributed by atoms with van der Waals surface area (Å²) < 4.78 is 0. The molecule has 19 heavy (non-hydrogen) atoms. The van der Waals surface area contributed by atoms with Crippen LogP contribution in [0.2, 0.25) is 0 Å². The minimum Gasteiger partial charge on any atom is -0.409 e. The van der Waals surface area contributed by atoms with Crippen LogP contribution in [0.15, 0.2) is 23.5 Å². The van der Waals surface area contributed by atoms with Crippen molar-refractivity contribution in [2.24, 2.45) is 10.9 Å². The van der Waals surface area contributed by atoms with E-state index in [1.54, 1.807) is 12.3 Å². The second kappa shape index (κ2) is 5.44. The molecule has 0 saturated heterocycles. The Morgan fingerprint density at radius 2 is 2.21 bits per heavy atom. The van der Waals surface area contributed by atoms with Crippen molar-refractivity contribution in [3.63, 3.8) is 0 Å². The third-order valence-corrected chi connectivity index (χ3v) is 3.61. The average Bonchev–Trinajstić information content (AvgIpc) is 2.84. The Morgan fingerprint density at radius 3 is 2.84 bits per heavy atom. The highest BCUT2D eigenvalue weighted by Gasteiger charge is 2.32. The van der Waals surface area contributed by atoms with Gasteiger partial charge in [-0.2, -0.15) is 0 Å². The van der Waals surface area contributed by atoms with Crippen molar-refractivity contribution in [1.82, 2.24) is 4.98 Å². The predicted molar refractivity (Wildman–Crippen MR) is 73.4 cm³/mol. The molecule has 6 heteroatoms. The van der Waals surface area contributed by atoms with Crippen molar-refractivity contribution >= 4 is 11.5 Å². The first kappa shape index (κ1) is 13.6. The molecule has 0 spiro atoms. The maximum absolute atomic E-state index is 10.4. The minimum absolute atomic E-state index is 0.0270. The number of hydrogen-bond donors (Lipinski definition) is 3. The Balaban J connectivity index is 2.21. The number of amidine groups is 1. The highest BCUT2D eigenvalue weighted by atomic mass is 16.4. The van der Waals surface area contributed by atoms with Crippen LogP contribution in [-0.4, -0.2) is 40.3 Å². The Hall–Kier alpha value is -1.82. The number of hydrogen-bond acceptors (Lipinski definition) is 5. The summed E-state index contributed by atoms with van der Waals surface area (Å²) in [6, 6.07) is 3.64. The second-order valence-corrected chi connectivity index (χ2v) is 5.14. The lowest BCUT2D eigenvalue weighted by Gasteiger charge is -2.30. The van der Waals surface area contributed by atoms with Gasteiger partial charge in [0.05, 0.1) is 11.3 Å². The summed E-state index contributed by atoms with van der Waals surface area (Å²) in [5.41, 5.74) is 6.15. The molecule has 4 N–H and O–H groups in total. The first-order valence-corrected chi connectivity index (χ1v) is 6.42. The van der Waals surface area contributed by atoms with Crippen LogP contribution in [-0.2, 0) is 0 Å². The van der Waals surface area contributed by atoms with Crippen molar-refractivity contribution in [1.29, 1.82) is 0 Å². The van der Waals surface area contributed by atoms with Gasteiger partial charge >= 0.3 is 0 Å². The summed E-state index contributed by atoms with van der Waals surface area (Å²) in [6.45, 7) is 0.518. The first-order chi connectivity index (χ1) is 9.06. The lowest BCUT2D eigenvalue weighted by atomic mass is 10.0. The monoisotopic (exact) mass is 264 g/mol. The van der Waals surface area contributed by atoms with Crippen LogP contribution in [0.25, 0.3) is 0 Å². The average molecular weight is 264 g/mol. The van der Waals surface area contributed by atoms with E-state index >= 15 is 0 Å². The number of rotatable bonds is 4. The van der Waals surface area contributed by atoms with E-state index in [0.717, 1.165) is 31.4 Å². The SMILES string of the molecule is CN(CC1(O)CCCC1)c1cccnc1/C(N)=N/O. The van der Waals surface area contributed by atoms with E-state index in [4.69, 9.17) is 10.9 Å². The summed E-state index contributed by atoms with van der Waals surface area (Å²) in [7, 11) is 1.88. The van der Waals surface area contributed by atoms with Gasteiger partial charge in [-0.25, -0.2) is 0 Å². The number of anilines is 1. The van der Waals surface area contributed by atoms with E-state index in [0.29, 0.717) is 12.2 Å². The molecule has 1 fully saturated rings. The van der Waals surface area contributed by atoms with E-state index in [2.05, 4.69) is 10.1 Å². The van der Waals surface area contributed by atoms with Gasteiger partial charge in [-0.05, 0) is 25.0 Å². The Morgan fingerprint density at radius 1 is 1.53 bits per heavy atom. The van der Waals surface area contributed by atoms with Gasteiger partial charge in [0.1, 0.15) is 5.69 Å². The van der Waals surface area contributed by atoms with Gasteiger partial charge in [-0.15, -0.1) is 0 Å². The number of oxime groups is 1. The van der Waals surface area contributed by atoms with Gasteiger partial charge in [0, 0.05) is 19.8 Å². The Labute approximate surface area is 112 Å². The zero-order chi connectivity index (χ0) is 13.9. The molecule has 0 aromatic carbocycles. The predicted octanol–water partition coefficient (Wildman–Crippen LogP) is 0.917. The van der Waals surface area contributed by atoms with Gasteiger partial charge in [-0.3, -0.25) is 4.98 Å². The third kappa shape index (κ3) is 2.96. The third-order valence-electron chi connectivity index (χ3n) is 3.61. The molecule has 0 unspecified atom stereocenters. The molecule has 1 aromatic heterocycles. The number of aliphatic hydroxyl groups is 1. The number of likely N-dealkylation sites (N-methyl/N-ethyl adjacent to an activating group) is 1. The molecule has 0 amide bonds. The van der Waals surface area contributed by atoms with Crippen molar-refractivity contribution in [2.75, 3.05) is 18.5 Å². The van der Waals surface area contributed by atoms with Crippen LogP contribution in [0.4, 0.5) is 5.69 Å². The lowest BCUT2D eigenvalue weighted by molar-refractivity contribution is 0.0559. The van der Waals surface area contributed by atoms with Crippen molar-refractivity contribution in [3.8, 4) is 0 Å².